The normalized spacial score (nSPS) is 12.9. The van der Waals surface area contributed by atoms with Gasteiger partial charge < -0.3 is 5.32 Å². The molecule has 1 rings (SSSR count). The van der Waals surface area contributed by atoms with E-state index in [9.17, 15) is 0 Å². The summed E-state index contributed by atoms with van der Waals surface area (Å²) < 4.78 is 3.84. The molecule has 0 fully saturated rings. The van der Waals surface area contributed by atoms with Crippen LogP contribution in [0.5, 0.6) is 0 Å². The smallest absolute Gasteiger partial charge is 0.00551 e. The quantitative estimate of drug-likeness (QED) is 0.843. The Morgan fingerprint density at radius 2 is 2.54 bits per heavy atom. The average molecular weight is 307 g/mol. The SMILES string of the molecule is CC=I/C(=C\NC)Cc1ccsc1. The summed E-state index contributed by atoms with van der Waals surface area (Å²) in [6.45, 7) is 2.14. The summed E-state index contributed by atoms with van der Waals surface area (Å²) in [6.07, 6.45) is 3.26. The molecular formula is C10H14INS. The Bertz CT molecular complexity index is 288. The maximum absolute atomic E-state index is 3.11. The molecule has 0 amide bonds. The standard InChI is InChI=1S/C10H14INS/c1-3-11-10(7-12-2)6-9-4-5-13-8-9/h3-5,7-8,12H,6H2,1-2H3/b10-7-. The van der Waals surface area contributed by atoms with Gasteiger partial charge in [0.2, 0.25) is 0 Å². The molecule has 1 nitrogen and oxygen atoms in total. The van der Waals surface area contributed by atoms with Gasteiger partial charge in [-0.1, -0.05) is 24.7 Å². The Labute approximate surface area is 93.6 Å². The number of rotatable bonds is 4. The molecule has 1 aromatic heterocycles. The second kappa shape index (κ2) is 6.32. The number of hydrogen-bond acceptors (Lipinski definition) is 2. The van der Waals surface area contributed by atoms with Crippen LogP contribution in [0, 0.1) is 0 Å². The number of allylic oxidation sites excluding steroid dienone is 1. The van der Waals surface area contributed by atoms with Gasteiger partial charge in [0.25, 0.3) is 0 Å². The highest BCUT2D eigenvalue weighted by molar-refractivity contribution is 14.2. The largest absolute Gasteiger partial charge is 0.393 e. The lowest BCUT2D eigenvalue weighted by atomic mass is 10.2. The van der Waals surface area contributed by atoms with Gasteiger partial charge >= 0.3 is 0 Å². The topological polar surface area (TPSA) is 12.0 Å². The molecule has 1 aromatic rings. The van der Waals surface area contributed by atoms with E-state index in [1.54, 1.807) is 14.9 Å². The molecule has 13 heavy (non-hydrogen) atoms. The Balaban J connectivity index is 2.63. The fourth-order valence-corrected chi connectivity index (χ4v) is 3.63. The van der Waals surface area contributed by atoms with Crippen LogP contribution in [-0.2, 0) is 6.42 Å². The number of halogens is 1. The third-order valence-corrected chi connectivity index (χ3v) is 4.35. The average Bonchev–Trinajstić information content (AvgIpc) is 2.58. The fraction of sp³-hybridized carbons (Fsp3) is 0.300. The summed E-state index contributed by atoms with van der Waals surface area (Å²) in [5.74, 6) is 0. The van der Waals surface area contributed by atoms with Crippen molar-refractivity contribution in [3.05, 3.63) is 32.2 Å². The zero-order valence-electron chi connectivity index (χ0n) is 7.88. The van der Waals surface area contributed by atoms with Gasteiger partial charge in [-0.3, -0.25) is 0 Å². The molecule has 0 saturated heterocycles. The highest BCUT2D eigenvalue weighted by atomic mass is 127. The van der Waals surface area contributed by atoms with Crippen LogP contribution in [0.4, 0.5) is 0 Å². The Hall–Kier alpha value is -0.160. The molecular weight excluding hydrogens is 293 g/mol. The third kappa shape index (κ3) is 4.04. The van der Waals surface area contributed by atoms with Crippen LogP contribution in [0.1, 0.15) is 12.5 Å². The Morgan fingerprint density at radius 1 is 1.69 bits per heavy atom. The predicted octanol–water partition coefficient (Wildman–Crippen LogP) is 3.14. The van der Waals surface area contributed by atoms with Gasteiger partial charge in [0.1, 0.15) is 0 Å². The molecule has 1 heterocycles. The number of thiophene rings is 1. The summed E-state index contributed by atoms with van der Waals surface area (Å²) in [5, 5.41) is 7.48. The Morgan fingerprint density at radius 3 is 3.08 bits per heavy atom. The molecule has 1 N–H and O–H groups in total. The van der Waals surface area contributed by atoms with Gasteiger partial charge in [0.05, 0.1) is 0 Å². The monoisotopic (exact) mass is 307 g/mol. The number of hydrogen-bond donors (Lipinski definition) is 1. The van der Waals surface area contributed by atoms with E-state index < -0.39 is 0 Å². The third-order valence-electron chi connectivity index (χ3n) is 1.50. The molecule has 0 saturated carbocycles. The van der Waals surface area contributed by atoms with Crippen molar-refractivity contribution in [3.63, 3.8) is 0 Å². The fourth-order valence-electron chi connectivity index (χ4n) is 1.01. The Kier molecular flexibility index (Phi) is 5.31. The van der Waals surface area contributed by atoms with Crippen LogP contribution in [0.25, 0.3) is 0 Å². The zero-order valence-corrected chi connectivity index (χ0v) is 10.9. The van der Waals surface area contributed by atoms with E-state index in [4.69, 9.17) is 0 Å². The van der Waals surface area contributed by atoms with Crippen LogP contribution >= 0.6 is 32.1 Å². The molecule has 0 spiro atoms. The van der Waals surface area contributed by atoms with E-state index in [1.807, 2.05) is 7.05 Å². The molecule has 0 unspecified atom stereocenters. The lowest BCUT2D eigenvalue weighted by Gasteiger charge is -1.98. The number of nitrogens with one attached hydrogen (secondary N) is 1. The van der Waals surface area contributed by atoms with Gasteiger partial charge in [0, 0.05) is 23.2 Å². The first-order chi connectivity index (χ1) is 6.36. The summed E-state index contributed by atoms with van der Waals surface area (Å²) >= 11 is 1.90. The van der Waals surface area contributed by atoms with Crippen molar-refractivity contribution in [3.8, 4) is 0 Å². The van der Waals surface area contributed by atoms with Crippen LogP contribution < -0.4 is 5.32 Å². The highest BCUT2D eigenvalue weighted by Crippen LogP contribution is 2.20. The van der Waals surface area contributed by atoms with Crippen LogP contribution in [0.2, 0.25) is 0 Å². The lowest BCUT2D eigenvalue weighted by Crippen LogP contribution is -1.95. The minimum atomic E-state index is 0.127. The predicted molar refractivity (Wildman–Crippen MR) is 70.9 cm³/mol. The van der Waals surface area contributed by atoms with Gasteiger partial charge in [-0.25, -0.2) is 0 Å². The minimum Gasteiger partial charge on any atom is -0.393 e. The van der Waals surface area contributed by atoms with E-state index >= 15 is 0 Å². The van der Waals surface area contributed by atoms with E-state index in [2.05, 4.69) is 39.3 Å². The second-order valence-corrected chi connectivity index (χ2v) is 6.55. The van der Waals surface area contributed by atoms with Gasteiger partial charge in [0.15, 0.2) is 0 Å². The van der Waals surface area contributed by atoms with Crippen molar-refractivity contribution in [2.45, 2.75) is 13.3 Å². The first-order valence-corrected chi connectivity index (χ1v) is 7.42. The van der Waals surface area contributed by atoms with Crippen LogP contribution in [0.15, 0.2) is 26.6 Å². The van der Waals surface area contributed by atoms with E-state index in [0.29, 0.717) is 0 Å². The van der Waals surface area contributed by atoms with E-state index in [0.717, 1.165) is 6.42 Å². The molecule has 0 aromatic carbocycles. The molecule has 72 valence electrons. The van der Waals surface area contributed by atoms with Crippen molar-refractivity contribution in [1.29, 1.82) is 0 Å². The minimum absolute atomic E-state index is 0.127. The first-order valence-electron chi connectivity index (χ1n) is 4.15. The molecule has 0 aliphatic heterocycles. The van der Waals surface area contributed by atoms with Crippen LogP contribution in [0.3, 0.4) is 0 Å². The van der Waals surface area contributed by atoms with Crippen molar-refractivity contribution >= 4 is 36.1 Å². The molecule has 0 radical (unpaired) electrons. The molecule has 3 heteroatoms. The maximum atomic E-state index is 3.11. The van der Waals surface area contributed by atoms with E-state index in [-0.39, 0.29) is 20.7 Å². The van der Waals surface area contributed by atoms with Crippen molar-refractivity contribution < 1.29 is 0 Å². The van der Waals surface area contributed by atoms with Gasteiger partial charge in [-0.15, -0.1) is 0 Å². The summed E-state index contributed by atoms with van der Waals surface area (Å²) in [5.41, 5.74) is 1.44. The van der Waals surface area contributed by atoms with Crippen molar-refractivity contribution in [2.24, 2.45) is 0 Å². The molecule has 0 atom stereocenters. The second-order valence-electron chi connectivity index (χ2n) is 2.52. The summed E-state index contributed by atoms with van der Waals surface area (Å²) in [6, 6.07) is 2.20. The zero-order chi connectivity index (χ0) is 9.52. The first kappa shape index (κ1) is 10.9. The lowest BCUT2D eigenvalue weighted by molar-refractivity contribution is 1.08. The summed E-state index contributed by atoms with van der Waals surface area (Å²) in [7, 11) is 1.97. The van der Waals surface area contributed by atoms with Gasteiger partial charge in [-0.2, -0.15) is 11.3 Å². The van der Waals surface area contributed by atoms with Crippen molar-refractivity contribution in [1.82, 2.24) is 5.32 Å². The maximum Gasteiger partial charge on any atom is 0.00551 e. The van der Waals surface area contributed by atoms with Crippen LogP contribution in [-0.4, -0.2) is 11.1 Å². The van der Waals surface area contributed by atoms with E-state index in [1.165, 1.54) is 5.56 Å². The van der Waals surface area contributed by atoms with Crippen molar-refractivity contribution in [2.75, 3.05) is 7.05 Å². The highest BCUT2D eigenvalue weighted by Gasteiger charge is 1.96. The molecule has 0 bridgehead atoms. The molecule has 0 aliphatic carbocycles. The van der Waals surface area contributed by atoms with Gasteiger partial charge in [-0.05, 0) is 29.3 Å². The molecule has 0 aliphatic rings. The summed E-state index contributed by atoms with van der Waals surface area (Å²) in [4.78, 5) is 0.